The molecule has 1 amide bonds. The van der Waals surface area contributed by atoms with Gasteiger partial charge in [-0.2, -0.15) is 17.5 Å². The molecular weight excluding hydrogens is 535 g/mol. The average molecular weight is 560 g/mol. The molecule has 0 bridgehead atoms. The van der Waals surface area contributed by atoms with Crippen LogP contribution in [0.5, 0.6) is 0 Å². The predicted octanol–water partition coefficient (Wildman–Crippen LogP) is 2.99. The van der Waals surface area contributed by atoms with Crippen LogP contribution in [0.25, 0.3) is 0 Å². The van der Waals surface area contributed by atoms with Gasteiger partial charge in [-0.25, -0.2) is 18.2 Å². The molecule has 14 heteroatoms. The van der Waals surface area contributed by atoms with Crippen molar-refractivity contribution in [2.75, 3.05) is 26.2 Å². The van der Waals surface area contributed by atoms with Crippen molar-refractivity contribution in [2.45, 2.75) is 48.1 Å². The van der Waals surface area contributed by atoms with Crippen LogP contribution in [0.3, 0.4) is 0 Å². The molecule has 0 aliphatic carbocycles. The number of rotatable bonds is 4. The molecule has 3 N–H and O–H groups in total. The molecule has 0 spiro atoms. The zero-order chi connectivity index (χ0) is 26.4. The van der Waals surface area contributed by atoms with E-state index in [-0.39, 0.29) is 47.0 Å². The van der Waals surface area contributed by atoms with Crippen molar-refractivity contribution >= 4 is 27.7 Å². The summed E-state index contributed by atoms with van der Waals surface area (Å²) in [6.45, 7) is 1.17. The van der Waals surface area contributed by atoms with Crippen LogP contribution < -0.4 is 16.0 Å². The number of hydrogen-bond donors (Lipinski definition) is 3. The molecule has 3 saturated heterocycles. The first kappa shape index (κ1) is 26.2. The number of alkyl halides is 3. The van der Waals surface area contributed by atoms with E-state index in [4.69, 9.17) is 16.3 Å². The highest BCUT2D eigenvalue weighted by Gasteiger charge is 2.42. The number of nitrogens with zero attached hydrogens (tertiary/aromatic N) is 2. The summed E-state index contributed by atoms with van der Waals surface area (Å²) >= 11 is 5.86. The predicted molar refractivity (Wildman–Crippen MR) is 127 cm³/mol. The topological polar surface area (TPSA) is 113 Å². The lowest BCUT2D eigenvalue weighted by Crippen LogP contribution is -2.48. The van der Waals surface area contributed by atoms with Gasteiger partial charge in [-0.15, -0.1) is 0 Å². The molecule has 3 aliphatic rings. The molecule has 0 saturated carbocycles. The zero-order valence-corrected chi connectivity index (χ0v) is 21.0. The van der Waals surface area contributed by atoms with Gasteiger partial charge in [0.15, 0.2) is 0 Å². The van der Waals surface area contributed by atoms with Gasteiger partial charge in [-0.3, -0.25) is 0 Å². The van der Waals surface area contributed by atoms with Crippen LogP contribution in [0.1, 0.15) is 41.7 Å². The number of piperazine rings is 1. The second-order valence-corrected chi connectivity index (χ2v) is 11.5. The van der Waals surface area contributed by atoms with Gasteiger partial charge in [-0.1, -0.05) is 23.7 Å². The Morgan fingerprint density at radius 1 is 1.14 bits per heavy atom. The number of carbonyl (C=O) groups excluding carboxylic acids is 1. The van der Waals surface area contributed by atoms with Gasteiger partial charge < -0.3 is 20.7 Å². The Kier molecular flexibility index (Phi) is 7.09. The number of aromatic nitrogens is 1. The number of fused-ring (bicyclic) bond motifs is 1. The molecule has 4 heterocycles. The first-order valence-corrected chi connectivity index (χ1v) is 13.6. The zero-order valence-electron chi connectivity index (χ0n) is 19.5. The lowest BCUT2D eigenvalue weighted by atomic mass is 9.95. The molecule has 37 heavy (non-hydrogen) atoms. The Morgan fingerprint density at radius 3 is 2.62 bits per heavy atom. The summed E-state index contributed by atoms with van der Waals surface area (Å²) < 4.78 is 73.9. The lowest BCUT2D eigenvalue weighted by molar-refractivity contribution is -0.137. The van der Waals surface area contributed by atoms with Gasteiger partial charge in [0.25, 0.3) is 0 Å². The van der Waals surface area contributed by atoms with E-state index < -0.39 is 33.9 Å². The third-order valence-corrected chi connectivity index (χ3v) is 8.97. The number of halogens is 4. The van der Waals surface area contributed by atoms with E-state index in [1.165, 1.54) is 12.1 Å². The Morgan fingerprint density at radius 2 is 1.89 bits per heavy atom. The van der Waals surface area contributed by atoms with Gasteiger partial charge in [0.1, 0.15) is 11.3 Å². The van der Waals surface area contributed by atoms with E-state index in [0.717, 1.165) is 28.8 Å². The molecule has 5 rings (SSSR count). The lowest BCUT2D eigenvalue weighted by Gasteiger charge is -2.35. The van der Waals surface area contributed by atoms with E-state index in [2.05, 4.69) is 20.9 Å². The van der Waals surface area contributed by atoms with E-state index in [0.29, 0.717) is 19.2 Å². The Balaban J connectivity index is 1.43. The normalized spacial score (nSPS) is 27.2. The first-order valence-electron chi connectivity index (χ1n) is 11.8. The molecule has 200 valence electrons. The molecule has 3 fully saturated rings. The van der Waals surface area contributed by atoms with Crippen LogP contribution in [-0.2, 0) is 20.9 Å². The summed E-state index contributed by atoms with van der Waals surface area (Å²) in [6, 6.07) is 6.30. The number of amides is 1. The van der Waals surface area contributed by atoms with Crippen molar-refractivity contribution < 1.29 is 31.1 Å². The summed E-state index contributed by atoms with van der Waals surface area (Å²) in [4.78, 5) is 15.8. The van der Waals surface area contributed by atoms with Gasteiger partial charge in [0.05, 0.1) is 34.3 Å². The van der Waals surface area contributed by atoms with E-state index in [1.54, 1.807) is 12.1 Å². The number of pyridine rings is 1. The maximum Gasteiger partial charge on any atom is 0.416 e. The number of alkyl carbamates (subject to hydrolysis) is 1. The molecule has 9 nitrogen and oxygen atoms in total. The van der Waals surface area contributed by atoms with Gasteiger partial charge in [-0.05, 0) is 49.2 Å². The molecular formula is C23H25ClF3N5O4S. The number of carbonyl (C=O) groups is 1. The third kappa shape index (κ3) is 5.28. The number of ether oxygens (including phenoxy) is 1. The van der Waals surface area contributed by atoms with Gasteiger partial charge in [0.2, 0.25) is 10.0 Å². The van der Waals surface area contributed by atoms with E-state index in [1.807, 2.05) is 0 Å². The fourth-order valence-corrected chi connectivity index (χ4v) is 6.90. The minimum atomic E-state index is -4.65. The summed E-state index contributed by atoms with van der Waals surface area (Å²) in [5.74, 6) is 0. The standard InChI is InChI=1S/C23H25ClF3N5O4S/c24-19-11-14(23(25,26)27)10-16(30-19)17-12-28-8-9-32(17)37(34,35)15-5-3-13(4-6-15)20-21-18(2-1-7-29-20)36-22(33)31-21/h3-6,10-11,17-18,20-21,28-29H,1-2,7-9,12H2,(H,31,33). The fraction of sp³-hybridized carbons (Fsp3) is 0.478. The van der Waals surface area contributed by atoms with Gasteiger partial charge >= 0.3 is 12.3 Å². The second kappa shape index (κ2) is 10.0. The monoisotopic (exact) mass is 559 g/mol. The molecule has 4 atom stereocenters. The molecule has 3 aliphatic heterocycles. The maximum absolute atomic E-state index is 13.6. The summed E-state index contributed by atoms with van der Waals surface area (Å²) in [7, 11) is -4.09. The SMILES string of the molecule is O=C1NC2C(CCCNC2c2ccc(S(=O)(=O)N3CCNCC3c3cc(C(F)(F)F)cc(Cl)n3)cc2)O1. The van der Waals surface area contributed by atoms with Crippen molar-refractivity contribution in [3.8, 4) is 0 Å². The van der Waals surface area contributed by atoms with Crippen LogP contribution in [0.15, 0.2) is 41.3 Å². The number of benzene rings is 1. The Hall–Kier alpha value is -2.45. The highest BCUT2D eigenvalue weighted by molar-refractivity contribution is 7.89. The van der Waals surface area contributed by atoms with Crippen molar-refractivity contribution in [3.63, 3.8) is 0 Å². The molecule has 2 aromatic rings. The first-order chi connectivity index (χ1) is 17.5. The van der Waals surface area contributed by atoms with Crippen molar-refractivity contribution in [2.24, 2.45) is 0 Å². The highest BCUT2D eigenvalue weighted by atomic mass is 35.5. The number of sulfonamides is 1. The molecule has 1 aromatic heterocycles. The number of nitrogens with one attached hydrogen (secondary N) is 3. The summed E-state index contributed by atoms with van der Waals surface area (Å²) in [5.41, 5.74) is -0.297. The minimum absolute atomic E-state index is 0.00176. The van der Waals surface area contributed by atoms with Gasteiger partial charge in [0, 0.05) is 19.6 Å². The third-order valence-electron chi connectivity index (χ3n) is 6.85. The summed E-state index contributed by atoms with van der Waals surface area (Å²) in [6.07, 6.45) is -3.85. The molecule has 1 aromatic carbocycles. The highest BCUT2D eigenvalue weighted by Crippen LogP contribution is 2.35. The van der Waals surface area contributed by atoms with E-state index >= 15 is 0 Å². The van der Waals surface area contributed by atoms with Crippen LogP contribution in [0, 0.1) is 0 Å². The maximum atomic E-state index is 13.6. The van der Waals surface area contributed by atoms with Crippen LogP contribution in [-0.4, -0.2) is 62.1 Å². The Labute approximate surface area is 216 Å². The van der Waals surface area contributed by atoms with Crippen molar-refractivity contribution in [3.05, 3.63) is 58.4 Å². The minimum Gasteiger partial charge on any atom is -0.444 e. The second-order valence-electron chi connectivity index (χ2n) is 9.19. The fourth-order valence-electron chi connectivity index (χ4n) is 5.08. The van der Waals surface area contributed by atoms with Crippen LogP contribution in [0.2, 0.25) is 5.15 Å². The van der Waals surface area contributed by atoms with Crippen LogP contribution in [0.4, 0.5) is 18.0 Å². The summed E-state index contributed by atoms with van der Waals surface area (Å²) in [5, 5.41) is 8.87. The largest absolute Gasteiger partial charge is 0.444 e. The quantitative estimate of drug-likeness (QED) is 0.494. The van der Waals surface area contributed by atoms with Crippen molar-refractivity contribution in [1.82, 2.24) is 25.2 Å². The Bertz CT molecular complexity index is 1280. The number of hydrogen-bond acceptors (Lipinski definition) is 7. The average Bonchev–Trinajstić information content (AvgIpc) is 3.12. The molecule has 0 radical (unpaired) electrons. The smallest absolute Gasteiger partial charge is 0.416 e. The molecule has 4 unspecified atom stereocenters. The van der Waals surface area contributed by atoms with Crippen LogP contribution >= 0.6 is 11.6 Å². The van der Waals surface area contributed by atoms with Crippen molar-refractivity contribution in [1.29, 1.82) is 0 Å². The van der Waals surface area contributed by atoms with E-state index in [9.17, 15) is 26.4 Å².